The number of hydrogen-bond donors (Lipinski definition) is 2. The zero-order valence-corrected chi connectivity index (χ0v) is 15.2. The lowest BCUT2D eigenvalue weighted by Crippen LogP contribution is -2.41. The van der Waals surface area contributed by atoms with Crippen LogP contribution in [-0.2, 0) is 15.4 Å². The Bertz CT molecular complexity index is 824. The maximum absolute atomic E-state index is 12.6. The average molecular weight is 350 g/mol. The van der Waals surface area contributed by atoms with Crippen LogP contribution in [0.4, 0.5) is 0 Å². The molecule has 2 aromatic rings. The van der Waals surface area contributed by atoms with Gasteiger partial charge in [-0.25, -0.2) is 8.42 Å². The molecule has 0 unspecified atom stereocenters. The highest BCUT2D eigenvalue weighted by Crippen LogP contribution is 2.28. The van der Waals surface area contributed by atoms with Crippen LogP contribution in [-0.4, -0.2) is 14.3 Å². The van der Waals surface area contributed by atoms with Gasteiger partial charge < -0.3 is 4.42 Å². The number of sulfonamides is 1. The third-order valence-corrected chi connectivity index (χ3v) is 5.19. The van der Waals surface area contributed by atoms with E-state index >= 15 is 0 Å². The number of rotatable bonds is 4. The Kier molecular flexibility index (Phi) is 4.87. The fourth-order valence-corrected chi connectivity index (χ4v) is 3.74. The van der Waals surface area contributed by atoms with Crippen LogP contribution in [0.5, 0.6) is 0 Å². The van der Waals surface area contributed by atoms with Crippen molar-refractivity contribution < 1.29 is 17.6 Å². The van der Waals surface area contributed by atoms with Crippen molar-refractivity contribution in [1.82, 2.24) is 10.3 Å². The maximum Gasteiger partial charge on any atom is 0.301 e. The molecular formula is C17H22N2O4S. The van der Waals surface area contributed by atoms with E-state index in [0.29, 0.717) is 11.1 Å². The molecule has 24 heavy (non-hydrogen) atoms. The Balaban J connectivity index is 2.28. The fourth-order valence-electron chi connectivity index (χ4n) is 2.44. The highest BCUT2D eigenvalue weighted by Gasteiger charge is 2.24. The second-order valence-corrected chi connectivity index (χ2v) is 8.35. The Hall–Kier alpha value is -2.12. The van der Waals surface area contributed by atoms with Crippen molar-refractivity contribution in [2.24, 2.45) is 0 Å². The normalized spacial score (nSPS) is 12.2. The van der Waals surface area contributed by atoms with Crippen LogP contribution in [0.2, 0.25) is 0 Å². The molecule has 0 radical (unpaired) electrons. The molecule has 6 nitrogen and oxygen atoms in total. The van der Waals surface area contributed by atoms with Crippen LogP contribution in [0.15, 0.2) is 39.8 Å². The molecule has 0 atom stereocenters. The molecule has 0 saturated carbocycles. The van der Waals surface area contributed by atoms with Crippen molar-refractivity contribution in [1.29, 1.82) is 0 Å². The number of aryl methyl sites for hydroxylation is 2. The minimum atomic E-state index is -3.89. The van der Waals surface area contributed by atoms with Gasteiger partial charge in [-0.3, -0.25) is 10.2 Å². The molecular weight excluding hydrogens is 328 g/mol. The van der Waals surface area contributed by atoms with E-state index in [2.05, 4.69) is 31.0 Å². The lowest BCUT2D eigenvalue weighted by molar-refractivity contribution is 0.0917. The van der Waals surface area contributed by atoms with Crippen molar-refractivity contribution in [3.63, 3.8) is 0 Å². The number of carbonyl (C=O) groups is 1. The van der Waals surface area contributed by atoms with E-state index in [1.165, 1.54) is 12.3 Å². The zero-order chi connectivity index (χ0) is 18.1. The van der Waals surface area contributed by atoms with Crippen molar-refractivity contribution >= 4 is 15.9 Å². The first-order chi connectivity index (χ1) is 11.0. The molecule has 0 spiro atoms. The fraction of sp³-hybridized carbons (Fsp3) is 0.353. The van der Waals surface area contributed by atoms with E-state index in [9.17, 15) is 13.2 Å². The largest absolute Gasteiger partial charge is 0.459 e. The minimum absolute atomic E-state index is 0.0224. The molecule has 0 fully saturated rings. The molecule has 130 valence electrons. The molecule has 0 saturated heterocycles. The van der Waals surface area contributed by atoms with E-state index in [1.807, 2.05) is 12.1 Å². The molecule has 0 aliphatic carbocycles. The van der Waals surface area contributed by atoms with Gasteiger partial charge in [-0.05, 0) is 48.1 Å². The van der Waals surface area contributed by atoms with E-state index < -0.39 is 15.9 Å². The summed E-state index contributed by atoms with van der Waals surface area (Å²) in [6.07, 6.45) is 1.34. The van der Waals surface area contributed by atoms with Gasteiger partial charge in [0.25, 0.3) is 10.0 Å². The van der Waals surface area contributed by atoms with Crippen molar-refractivity contribution in [2.75, 3.05) is 0 Å². The Morgan fingerprint density at radius 2 is 1.71 bits per heavy atom. The predicted molar refractivity (Wildman–Crippen MR) is 91.1 cm³/mol. The van der Waals surface area contributed by atoms with Gasteiger partial charge in [0, 0.05) is 0 Å². The number of amides is 1. The number of nitrogens with one attached hydrogen (secondary N) is 2. The summed E-state index contributed by atoms with van der Waals surface area (Å²) in [5.41, 5.74) is 4.37. The van der Waals surface area contributed by atoms with E-state index in [-0.39, 0.29) is 16.1 Å². The van der Waals surface area contributed by atoms with Crippen LogP contribution < -0.4 is 10.3 Å². The first-order valence-electron chi connectivity index (χ1n) is 7.50. The lowest BCUT2D eigenvalue weighted by atomic mass is 9.85. The Morgan fingerprint density at radius 1 is 1.12 bits per heavy atom. The summed E-state index contributed by atoms with van der Waals surface area (Å²) in [7, 11) is -3.89. The number of carbonyl (C=O) groups excluding carboxylic acids is 1. The molecule has 1 aromatic heterocycles. The van der Waals surface area contributed by atoms with Gasteiger partial charge in [0.05, 0.1) is 11.2 Å². The number of benzene rings is 1. The molecule has 2 N–H and O–H groups in total. The smallest absolute Gasteiger partial charge is 0.301 e. The second kappa shape index (κ2) is 6.41. The third kappa shape index (κ3) is 3.85. The van der Waals surface area contributed by atoms with Gasteiger partial charge in [0.15, 0.2) is 5.76 Å². The topological polar surface area (TPSA) is 88.4 Å². The van der Waals surface area contributed by atoms with Crippen LogP contribution in [0, 0.1) is 13.8 Å². The van der Waals surface area contributed by atoms with Crippen LogP contribution in [0.1, 0.15) is 48.0 Å². The van der Waals surface area contributed by atoms with E-state index in [4.69, 9.17) is 4.42 Å². The average Bonchev–Trinajstić information content (AvgIpc) is 2.97. The highest BCUT2D eigenvalue weighted by atomic mass is 32.2. The van der Waals surface area contributed by atoms with E-state index in [1.54, 1.807) is 19.9 Å². The third-order valence-electron chi connectivity index (χ3n) is 3.64. The van der Waals surface area contributed by atoms with E-state index in [0.717, 1.165) is 5.56 Å². The minimum Gasteiger partial charge on any atom is -0.459 e. The van der Waals surface area contributed by atoms with Gasteiger partial charge in [0.2, 0.25) is 0 Å². The first-order valence-corrected chi connectivity index (χ1v) is 8.98. The van der Waals surface area contributed by atoms with Crippen molar-refractivity contribution in [3.05, 3.63) is 53.0 Å². The van der Waals surface area contributed by atoms with Crippen LogP contribution >= 0.6 is 0 Å². The predicted octanol–water partition coefficient (Wildman–Crippen LogP) is 2.82. The molecule has 0 bridgehead atoms. The zero-order valence-electron chi connectivity index (χ0n) is 14.4. The molecule has 2 rings (SSSR count). The summed E-state index contributed by atoms with van der Waals surface area (Å²) < 4.78 is 30.0. The van der Waals surface area contributed by atoms with Crippen molar-refractivity contribution in [3.8, 4) is 0 Å². The van der Waals surface area contributed by atoms with Gasteiger partial charge in [0.1, 0.15) is 0 Å². The molecule has 0 aliphatic rings. The van der Waals surface area contributed by atoms with Gasteiger partial charge in [-0.15, -0.1) is 4.83 Å². The molecule has 0 aliphatic heterocycles. The first kappa shape index (κ1) is 18.2. The summed E-state index contributed by atoms with van der Waals surface area (Å²) in [6.45, 7) is 9.68. The number of hydrogen-bond acceptors (Lipinski definition) is 4. The SMILES string of the molecule is Cc1cc(C(C)(C)C)cc(C)c1S(=O)(=O)NNC(=O)c1ccco1. The van der Waals surface area contributed by atoms with Crippen LogP contribution in [0.3, 0.4) is 0 Å². The Labute approximate surface area is 142 Å². The molecule has 1 heterocycles. The number of hydrazine groups is 1. The summed E-state index contributed by atoms with van der Waals surface area (Å²) >= 11 is 0. The quantitative estimate of drug-likeness (QED) is 0.830. The molecule has 1 aromatic carbocycles. The standard InChI is InChI=1S/C17H22N2O4S/c1-11-9-13(17(3,4)5)10-12(2)15(11)24(21,22)19-18-16(20)14-7-6-8-23-14/h6-10,19H,1-5H3,(H,18,20). The maximum atomic E-state index is 12.6. The number of furan rings is 1. The van der Waals surface area contributed by atoms with Crippen LogP contribution in [0.25, 0.3) is 0 Å². The van der Waals surface area contributed by atoms with Gasteiger partial charge >= 0.3 is 5.91 Å². The van der Waals surface area contributed by atoms with Gasteiger partial charge in [-0.2, -0.15) is 0 Å². The molecule has 1 amide bonds. The van der Waals surface area contributed by atoms with Gasteiger partial charge in [-0.1, -0.05) is 32.9 Å². The molecule has 7 heteroatoms. The summed E-state index contributed by atoms with van der Waals surface area (Å²) in [6, 6.07) is 6.70. The lowest BCUT2D eigenvalue weighted by Gasteiger charge is -2.22. The highest BCUT2D eigenvalue weighted by molar-refractivity contribution is 7.89. The summed E-state index contributed by atoms with van der Waals surface area (Å²) in [5, 5.41) is 0. The summed E-state index contributed by atoms with van der Waals surface area (Å²) in [4.78, 5) is 14.1. The Morgan fingerprint density at radius 3 is 2.17 bits per heavy atom. The van der Waals surface area contributed by atoms with Crippen molar-refractivity contribution in [2.45, 2.75) is 44.9 Å². The monoisotopic (exact) mass is 350 g/mol. The summed E-state index contributed by atoms with van der Waals surface area (Å²) in [5.74, 6) is -0.639. The second-order valence-electron chi connectivity index (χ2n) is 6.73.